The van der Waals surface area contributed by atoms with Gasteiger partial charge in [0, 0.05) is 6.07 Å². The van der Waals surface area contributed by atoms with Gasteiger partial charge in [0.2, 0.25) is 9.84 Å². The molecule has 0 unspecified atom stereocenters. The zero-order valence-electron chi connectivity index (χ0n) is 9.93. The Morgan fingerprint density at radius 2 is 1.58 bits per heavy atom. The molecule has 0 aliphatic heterocycles. The summed E-state index contributed by atoms with van der Waals surface area (Å²) in [7, 11) is -2.76. The quantitative estimate of drug-likeness (QED) is 0.814. The molecular formula is C13H10F2O3S. The molecule has 0 N–H and O–H groups in total. The van der Waals surface area contributed by atoms with Crippen molar-refractivity contribution in [1.29, 1.82) is 0 Å². The summed E-state index contributed by atoms with van der Waals surface area (Å²) in [6.45, 7) is 0. The van der Waals surface area contributed by atoms with E-state index in [2.05, 4.69) is 0 Å². The normalized spacial score (nSPS) is 11.3. The van der Waals surface area contributed by atoms with Gasteiger partial charge in [-0.3, -0.25) is 0 Å². The van der Waals surface area contributed by atoms with Crippen LogP contribution < -0.4 is 4.74 Å². The molecule has 0 heterocycles. The van der Waals surface area contributed by atoms with Gasteiger partial charge in [-0.15, -0.1) is 0 Å². The molecule has 19 heavy (non-hydrogen) atoms. The minimum atomic E-state index is -3.95. The maximum Gasteiger partial charge on any atom is 0.210 e. The zero-order valence-corrected chi connectivity index (χ0v) is 10.7. The highest BCUT2D eigenvalue weighted by Crippen LogP contribution is 2.31. The number of methoxy groups -OCH3 is 1. The van der Waals surface area contributed by atoms with E-state index in [-0.39, 0.29) is 10.6 Å². The summed E-state index contributed by atoms with van der Waals surface area (Å²) in [5.74, 6) is -2.64. The van der Waals surface area contributed by atoms with E-state index in [0.717, 1.165) is 0 Å². The van der Waals surface area contributed by atoms with E-state index in [9.17, 15) is 17.2 Å². The van der Waals surface area contributed by atoms with Gasteiger partial charge in [0.15, 0.2) is 11.6 Å². The van der Waals surface area contributed by atoms with Crippen LogP contribution in [-0.2, 0) is 9.84 Å². The number of ether oxygens (including phenoxy) is 1. The van der Waals surface area contributed by atoms with Crippen molar-refractivity contribution >= 4 is 9.84 Å². The number of sulfone groups is 1. The van der Waals surface area contributed by atoms with Crippen LogP contribution in [0.3, 0.4) is 0 Å². The first-order valence-electron chi connectivity index (χ1n) is 5.30. The molecule has 0 saturated heterocycles. The number of rotatable bonds is 3. The van der Waals surface area contributed by atoms with Crippen molar-refractivity contribution in [1.82, 2.24) is 0 Å². The van der Waals surface area contributed by atoms with Crippen molar-refractivity contribution in [3.8, 4) is 5.75 Å². The first-order valence-corrected chi connectivity index (χ1v) is 6.78. The Kier molecular flexibility index (Phi) is 3.53. The fraction of sp³-hybridized carbons (Fsp3) is 0.0769. The fourth-order valence-corrected chi connectivity index (χ4v) is 3.04. The van der Waals surface area contributed by atoms with Crippen molar-refractivity contribution in [2.45, 2.75) is 9.79 Å². The summed E-state index contributed by atoms with van der Waals surface area (Å²) in [6, 6.07) is 8.81. The minimum Gasteiger partial charge on any atom is -0.495 e. The van der Waals surface area contributed by atoms with Crippen LogP contribution in [0.5, 0.6) is 5.75 Å². The largest absolute Gasteiger partial charge is 0.495 e. The topological polar surface area (TPSA) is 43.4 Å². The Bertz CT molecular complexity index is 697. The molecule has 0 spiro atoms. The molecule has 0 saturated carbocycles. The number of hydrogen-bond donors (Lipinski definition) is 0. The smallest absolute Gasteiger partial charge is 0.210 e. The third-order valence-corrected chi connectivity index (χ3v) is 4.34. The molecule has 0 aliphatic rings. The van der Waals surface area contributed by atoms with E-state index >= 15 is 0 Å². The highest BCUT2D eigenvalue weighted by atomic mass is 32.2. The predicted molar refractivity (Wildman–Crippen MR) is 64.8 cm³/mol. The lowest BCUT2D eigenvalue weighted by Gasteiger charge is -2.10. The SMILES string of the molecule is COc1cc(F)c(F)cc1S(=O)(=O)c1ccccc1. The Labute approximate surface area is 109 Å². The molecule has 0 aromatic heterocycles. The molecule has 2 aromatic rings. The Balaban J connectivity index is 2.68. The van der Waals surface area contributed by atoms with Crippen LogP contribution in [0.25, 0.3) is 0 Å². The number of halogens is 2. The van der Waals surface area contributed by atoms with Gasteiger partial charge < -0.3 is 4.74 Å². The summed E-state index contributed by atoms with van der Waals surface area (Å²) < 4.78 is 55.8. The minimum absolute atomic E-state index is 0.0145. The van der Waals surface area contributed by atoms with Gasteiger partial charge in [0.1, 0.15) is 10.6 Å². The summed E-state index contributed by atoms with van der Waals surface area (Å²) >= 11 is 0. The van der Waals surface area contributed by atoms with E-state index in [0.29, 0.717) is 12.1 Å². The second kappa shape index (κ2) is 4.97. The molecule has 100 valence electrons. The first-order chi connectivity index (χ1) is 8.96. The van der Waals surface area contributed by atoms with E-state index in [1.807, 2.05) is 0 Å². The van der Waals surface area contributed by atoms with Crippen LogP contribution in [0, 0.1) is 11.6 Å². The molecule has 0 bridgehead atoms. The van der Waals surface area contributed by atoms with Crippen molar-refractivity contribution in [2.75, 3.05) is 7.11 Å². The van der Waals surface area contributed by atoms with Gasteiger partial charge in [-0.25, -0.2) is 17.2 Å². The summed E-state index contributed by atoms with van der Waals surface area (Å²) in [5.41, 5.74) is 0. The van der Waals surface area contributed by atoms with Crippen LogP contribution in [0.2, 0.25) is 0 Å². The molecule has 0 radical (unpaired) electrons. The Hall–Kier alpha value is -1.95. The van der Waals surface area contributed by atoms with Crippen LogP contribution in [-0.4, -0.2) is 15.5 Å². The maximum atomic E-state index is 13.2. The van der Waals surface area contributed by atoms with Crippen molar-refractivity contribution in [3.05, 3.63) is 54.1 Å². The van der Waals surface area contributed by atoms with Crippen molar-refractivity contribution in [2.24, 2.45) is 0 Å². The summed E-state index contributed by atoms with van der Waals surface area (Å²) in [4.78, 5) is -0.417. The molecule has 0 fully saturated rings. The molecule has 2 aromatic carbocycles. The molecule has 0 atom stereocenters. The predicted octanol–water partition coefficient (Wildman–Crippen LogP) is 2.81. The zero-order chi connectivity index (χ0) is 14.0. The standard InChI is InChI=1S/C13H10F2O3S/c1-18-12-7-10(14)11(15)8-13(12)19(16,17)9-5-3-2-4-6-9/h2-8H,1H3. The van der Waals surface area contributed by atoms with Gasteiger partial charge >= 0.3 is 0 Å². The molecule has 3 nitrogen and oxygen atoms in total. The van der Waals surface area contributed by atoms with Gasteiger partial charge in [0.25, 0.3) is 0 Å². The second-order valence-corrected chi connectivity index (χ2v) is 5.65. The summed E-state index contributed by atoms with van der Waals surface area (Å²) in [6.07, 6.45) is 0. The third kappa shape index (κ3) is 2.44. The van der Waals surface area contributed by atoms with Gasteiger partial charge in [-0.2, -0.15) is 0 Å². The van der Waals surface area contributed by atoms with Gasteiger partial charge in [-0.05, 0) is 18.2 Å². The molecule has 0 amide bonds. The summed E-state index contributed by atoms with van der Waals surface area (Å²) in [5, 5.41) is 0. The van der Waals surface area contributed by atoms with Crippen molar-refractivity contribution < 1.29 is 21.9 Å². The average Bonchev–Trinajstić information content (AvgIpc) is 2.42. The fourth-order valence-electron chi connectivity index (χ4n) is 1.61. The van der Waals surface area contributed by atoms with E-state index in [4.69, 9.17) is 4.74 Å². The third-order valence-electron chi connectivity index (χ3n) is 2.55. The molecular weight excluding hydrogens is 274 g/mol. The van der Waals surface area contributed by atoms with E-state index < -0.39 is 26.4 Å². The monoisotopic (exact) mass is 284 g/mol. The average molecular weight is 284 g/mol. The highest BCUT2D eigenvalue weighted by Gasteiger charge is 2.24. The van der Waals surface area contributed by atoms with E-state index in [1.165, 1.54) is 19.2 Å². The lowest BCUT2D eigenvalue weighted by atomic mass is 10.3. The van der Waals surface area contributed by atoms with Crippen LogP contribution in [0.4, 0.5) is 8.78 Å². The van der Waals surface area contributed by atoms with Crippen molar-refractivity contribution in [3.63, 3.8) is 0 Å². The molecule has 0 aliphatic carbocycles. The van der Waals surface area contributed by atoms with Crippen LogP contribution in [0.15, 0.2) is 52.3 Å². The molecule has 2 rings (SSSR count). The van der Waals surface area contributed by atoms with E-state index in [1.54, 1.807) is 18.2 Å². The number of hydrogen-bond acceptors (Lipinski definition) is 3. The maximum absolute atomic E-state index is 13.2. The van der Waals surface area contributed by atoms with Gasteiger partial charge in [0.05, 0.1) is 12.0 Å². The Morgan fingerprint density at radius 3 is 2.16 bits per heavy atom. The number of benzene rings is 2. The Morgan fingerprint density at radius 1 is 1.00 bits per heavy atom. The van der Waals surface area contributed by atoms with Crippen LogP contribution in [0.1, 0.15) is 0 Å². The first kappa shape index (κ1) is 13.5. The van der Waals surface area contributed by atoms with Gasteiger partial charge in [-0.1, -0.05) is 18.2 Å². The second-order valence-electron chi connectivity index (χ2n) is 3.73. The van der Waals surface area contributed by atoms with Crippen LogP contribution >= 0.6 is 0 Å². The molecule has 6 heteroatoms. The lowest BCUT2D eigenvalue weighted by Crippen LogP contribution is -2.06. The lowest BCUT2D eigenvalue weighted by molar-refractivity contribution is 0.393. The highest BCUT2D eigenvalue weighted by molar-refractivity contribution is 7.91.